The molecule has 28 heavy (non-hydrogen) atoms. The molecule has 0 amide bonds. The van der Waals surface area contributed by atoms with Crippen molar-refractivity contribution in [2.24, 2.45) is 5.73 Å². The third-order valence-corrected chi connectivity index (χ3v) is 5.74. The molecule has 0 aliphatic carbocycles. The van der Waals surface area contributed by atoms with Crippen LogP contribution in [-0.4, -0.2) is 0 Å². The predicted octanol–water partition coefficient (Wildman–Crippen LogP) is 6.12. The van der Waals surface area contributed by atoms with Gasteiger partial charge < -0.3 is 10.5 Å². The standard InChI is InChI=1S/C24H21BrN2O/c1-24(2,3)17-7-4-14(5-8-17)22-19-11-16-10-18(25)9-6-15(16)12-21(19)28-23(27)20(22)13-26/h4-12,22H,27H2,1-3H3/t22-/m1/s1. The van der Waals surface area contributed by atoms with Gasteiger partial charge in [0.2, 0.25) is 5.88 Å². The van der Waals surface area contributed by atoms with Gasteiger partial charge in [0.25, 0.3) is 0 Å². The second kappa shape index (κ2) is 6.68. The summed E-state index contributed by atoms with van der Waals surface area (Å²) in [7, 11) is 0. The van der Waals surface area contributed by atoms with Gasteiger partial charge in [-0.3, -0.25) is 0 Å². The van der Waals surface area contributed by atoms with Crippen LogP contribution in [-0.2, 0) is 5.41 Å². The van der Waals surface area contributed by atoms with Crippen LogP contribution in [0.4, 0.5) is 0 Å². The zero-order valence-electron chi connectivity index (χ0n) is 16.1. The number of halogens is 1. The first-order chi connectivity index (χ1) is 13.3. The Labute approximate surface area is 173 Å². The largest absolute Gasteiger partial charge is 0.440 e. The van der Waals surface area contributed by atoms with Crippen LogP contribution in [0.3, 0.4) is 0 Å². The number of benzene rings is 3. The molecule has 2 N–H and O–H groups in total. The molecule has 0 fully saturated rings. The molecule has 0 saturated heterocycles. The van der Waals surface area contributed by atoms with Crippen LogP contribution in [0.2, 0.25) is 0 Å². The van der Waals surface area contributed by atoms with E-state index in [0.29, 0.717) is 11.3 Å². The van der Waals surface area contributed by atoms with E-state index in [9.17, 15) is 5.26 Å². The Morgan fingerprint density at radius 3 is 2.36 bits per heavy atom. The summed E-state index contributed by atoms with van der Waals surface area (Å²) in [6.07, 6.45) is 0. The first kappa shape index (κ1) is 18.6. The van der Waals surface area contributed by atoms with Crippen LogP contribution in [0.1, 0.15) is 43.4 Å². The first-order valence-corrected chi connectivity index (χ1v) is 9.98. The molecule has 1 heterocycles. The van der Waals surface area contributed by atoms with Crippen molar-refractivity contribution in [2.45, 2.75) is 32.1 Å². The molecule has 1 aliphatic heterocycles. The zero-order chi connectivity index (χ0) is 20.1. The van der Waals surface area contributed by atoms with Crippen LogP contribution < -0.4 is 10.5 Å². The van der Waals surface area contributed by atoms with Crippen molar-refractivity contribution in [2.75, 3.05) is 0 Å². The molecule has 4 rings (SSSR count). The summed E-state index contributed by atoms with van der Waals surface area (Å²) in [6.45, 7) is 6.57. The lowest BCUT2D eigenvalue weighted by Crippen LogP contribution is -2.21. The van der Waals surface area contributed by atoms with Gasteiger partial charge in [0.05, 0.1) is 5.92 Å². The number of rotatable bonds is 1. The first-order valence-electron chi connectivity index (χ1n) is 9.19. The summed E-state index contributed by atoms with van der Waals surface area (Å²) in [6, 6.07) is 20.9. The molecular weight excluding hydrogens is 412 g/mol. The highest BCUT2D eigenvalue weighted by Gasteiger charge is 2.31. The number of hydrogen-bond acceptors (Lipinski definition) is 3. The molecule has 3 aromatic carbocycles. The molecule has 4 heteroatoms. The summed E-state index contributed by atoms with van der Waals surface area (Å²) < 4.78 is 6.84. The maximum absolute atomic E-state index is 9.78. The smallest absolute Gasteiger partial charge is 0.205 e. The fourth-order valence-electron chi connectivity index (χ4n) is 3.69. The minimum absolute atomic E-state index is 0.0710. The molecule has 0 aromatic heterocycles. The Kier molecular flexibility index (Phi) is 4.44. The molecule has 0 saturated carbocycles. The lowest BCUT2D eigenvalue weighted by atomic mass is 9.80. The van der Waals surface area contributed by atoms with E-state index < -0.39 is 0 Å². The van der Waals surface area contributed by atoms with Crippen molar-refractivity contribution in [1.82, 2.24) is 0 Å². The highest BCUT2D eigenvalue weighted by Crippen LogP contribution is 2.44. The Morgan fingerprint density at radius 1 is 1.00 bits per heavy atom. The van der Waals surface area contributed by atoms with Crippen molar-refractivity contribution < 1.29 is 4.74 Å². The Bertz CT molecular complexity index is 1150. The van der Waals surface area contributed by atoms with E-state index in [2.05, 4.69) is 79.2 Å². The predicted molar refractivity (Wildman–Crippen MR) is 116 cm³/mol. The van der Waals surface area contributed by atoms with Gasteiger partial charge in [-0.25, -0.2) is 0 Å². The van der Waals surface area contributed by atoms with Gasteiger partial charge in [-0.05, 0) is 51.6 Å². The minimum atomic E-state index is -0.244. The Hall–Kier alpha value is -2.77. The SMILES string of the molecule is CC(C)(C)c1ccc([C@H]2C(C#N)=C(N)Oc3cc4ccc(Br)cc4cc32)cc1. The van der Waals surface area contributed by atoms with Gasteiger partial charge in [0, 0.05) is 10.0 Å². The maximum Gasteiger partial charge on any atom is 0.205 e. The fraction of sp³-hybridized carbons (Fsp3) is 0.208. The quantitative estimate of drug-likeness (QED) is 0.503. The van der Waals surface area contributed by atoms with E-state index in [1.165, 1.54) is 5.56 Å². The van der Waals surface area contributed by atoms with E-state index in [4.69, 9.17) is 10.5 Å². The van der Waals surface area contributed by atoms with Gasteiger partial charge >= 0.3 is 0 Å². The van der Waals surface area contributed by atoms with Crippen molar-refractivity contribution >= 4 is 26.7 Å². The average molecular weight is 433 g/mol. The lowest BCUT2D eigenvalue weighted by molar-refractivity contribution is 0.394. The van der Waals surface area contributed by atoms with Gasteiger partial charge in [0.15, 0.2) is 0 Å². The number of ether oxygens (including phenoxy) is 1. The molecule has 1 atom stereocenters. The normalized spacial score (nSPS) is 16.5. The van der Waals surface area contributed by atoms with E-state index in [1.54, 1.807) is 0 Å². The van der Waals surface area contributed by atoms with Gasteiger partial charge in [-0.2, -0.15) is 5.26 Å². The molecule has 0 unspecified atom stereocenters. The number of fused-ring (bicyclic) bond motifs is 2. The van der Waals surface area contributed by atoms with Crippen molar-refractivity contribution in [1.29, 1.82) is 5.26 Å². The third-order valence-electron chi connectivity index (χ3n) is 5.25. The number of allylic oxidation sites excluding steroid dienone is 1. The van der Waals surface area contributed by atoms with Crippen molar-refractivity contribution in [3.8, 4) is 11.8 Å². The zero-order valence-corrected chi connectivity index (χ0v) is 17.7. The van der Waals surface area contributed by atoms with Crippen molar-refractivity contribution in [3.63, 3.8) is 0 Å². The van der Waals surface area contributed by atoms with Crippen LogP contribution in [0.15, 0.2) is 70.5 Å². The van der Waals surface area contributed by atoms with Gasteiger partial charge in [0.1, 0.15) is 17.4 Å². The summed E-state index contributed by atoms with van der Waals surface area (Å²) in [5, 5.41) is 11.9. The molecule has 0 radical (unpaired) electrons. The third kappa shape index (κ3) is 3.16. The molecule has 1 aliphatic rings. The molecule has 0 spiro atoms. The number of nitrogens with two attached hydrogens (primary N) is 1. The van der Waals surface area contributed by atoms with Gasteiger partial charge in [-0.15, -0.1) is 0 Å². The summed E-state index contributed by atoms with van der Waals surface area (Å²) >= 11 is 3.54. The highest BCUT2D eigenvalue weighted by molar-refractivity contribution is 9.10. The molecule has 140 valence electrons. The van der Waals surface area contributed by atoms with E-state index >= 15 is 0 Å². The highest BCUT2D eigenvalue weighted by atomic mass is 79.9. The number of nitrogens with zero attached hydrogens (tertiary/aromatic N) is 1. The van der Waals surface area contributed by atoms with E-state index in [1.807, 2.05) is 18.2 Å². The second-order valence-corrected chi connectivity index (χ2v) is 9.09. The maximum atomic E-state index is 9.78. The molecule has 0 bridgehead atoms. The Balaban J connectivity index is 1.91. The second-order valence-electron chi connectivity index (χ2n) is 8.18. The molecule has 3 aromatic rings. The minimum Gasteiger partial charge on any atom is -0.440 e. The summed E-state index contributed by atoms with van der Waals surface area (Å²) in [4.78, 5) is 0. The van der Waals surface area contributed by atoms with Crippen molar-refractivity contribution in [3.05, 3.63) is 87.2 Å². The Morgan fingerprint density at radius 2 is 1.71 bits per heavy atom. The topological polar surface area (TPSA) is 59.0 Å². The number of hydrogen-bond donors (Lipinski definition) is 1. The van der Waals surface area contributed by atoms with Crippen LogP contribution in [0, 0.1) is 11.3 Å². The average Bonchev–Trinajstić information content (AvgIpc) is 2.65. The number of nitriles is 1. The van der Waals surface area contributed by atoms with Crippen LogP contribution >= 0.6 is 15.9 Å². The van der Waals surface area contributed by atoms with E-state index in [-0.39, 0.29) is 17.2 Å². The fourth-order valence-corrected chi connectivity index (χ4v) is 4.07. The van der Waals surface area contributed by atoms with Gasteiger partial charge in [-0.1, -0.05) is 67.0 Å². The molecule has 3 nitrogen and oxygen atoms in total. The lowest BCUT2D eigenvalue weighted by Gasteiger charge is -2.27. The van der Waals surface area contributed by atoms with Crippen LogP contribution in [0.25, 0.3) is 10.8 Å². The van der Waals surface area contributed by atoms with E-state index in [0.717, 1.165) is 26.4 Å². The molecular formula is C24H21BrN2O. The van der Waals surface area contributed by atoms with Crippen LogP contribution in [0.5, 0.6) is 5.75 Å². The monoisotopic (exact) mass is 432 g/mol. The summed E-state index contributed by atoms with van der Waals surface area (Å²) in [5.74, 6) is 0.638. The summed E-state index contributed by atoms with van der Waals surface area (Å²) in [5.41, 5.74) is 9.89.